The number of rotatable bonds is 2. The Labute approximate surface area is 106 Å². The molecule has 2 aliphatic heterocycles. The van der Waals surface area contributed by atoms with E-state index in [0.717, 1.165) is 4.90 Å². The summed E-state index contributed by atoms with van der Waals surface area (Å²) < 4.78 is 63.8. The molecule has 0 aromatic heterocycles. The molecule has 1 aliphatic carbocycles. The molecular weight excluding hydrogens is 201 g/mol. The second-order valence-corrected chi connectivity index (χ2v) is 5.53. The van der Waals surface area contributed by atoms with Crippen LogP contribution in [0.4, 0.5) is 4.39 Å². The molecule has 0 N–H and O–H groups in total. The monoisotopic (exact) mass is 229 g/mol. The van der Waals surface area contributed by atoms with E-state index in [0.29, 0.717) is 12.8 Å². The van der Waals surface area contributed by atoms with Crippen molar-refractivity contribution in [1.82, 2.24) is 4.90 Å². The first-order valence-electron chi connectivity index (χ1n) is 8.99. The average molecular weight is 229 g/mol. The van der Waals surface area contributed by atoms with E-state index in [4.69, 9.17) is 8.22 Å². The lowest BCUT2D eigenvalue weighted by atomic mass is 9.74. The van der Waals surface area contributed by atoms with Crippen LogP contribution in [0, 0.1) is 11.3 Å². The average Bonchev–Trinajstić information content (AvgIpc) is 3.00. The minimum absolute atomic E-state index is 0.0822. The quantitative estimate of drug-likeness (QED) is 0.700. The predicted molar refractivity (Wildman–Crippen MR) is 63.9 cm³/mol. The minimum atomic E-state index is -2.30. The first kappa shape index (κ1) is 5.99. The van der Waals surface area contributed by atoms with Crippen LogP contribution in [-0.2, 0) is 0 Å². The molecule has 0 amide bonds. The van der Waals surface area contributed by atoms with Crippen molar-refractivity contribution < 1.29 is 12.6 Å². The summed E-state index contributed by atoms with van der Waals surface area (Å²) in [5, 5.41) is 0. The van der Waals surface area contributed by atoms with Crippen molar-refractivity contribution in [3.05, 3.63) is 11.9 Å². The lowest BCUT2D eigenvalue weighted by Gasteiger charge is -2.39. The van der Waals surface area contributed by atoms with Crippen LogP contribution in [0.2, 0.25) is 0 Å². The number of fused-ring (bicyclic) bond motifs is 2. The Balaban J connectivity index is 2.28. The largest absolute Gasteiger partial charge is 0.293 e. The van der Waals surface area contributed by atoms with Gasteiger partial charge in [0, 0.05) is 20.3 Å². The van der Waals surface area contributed by atoms with Gasteiger partial charge in [0.15, 0.2) is 0 Å². The van der Waals surface area contributed by atoms with E-state index < -0.39 is 36.2 Å². The molecule has 1 atom stereocenters. The topological polar surface area (TPSA) is 3.24 Å². The molecule has 0 aromatic carbocycles. The van der Waals surface area contributed by atoms with Crippen LogP contribution in [0.25, 0.3) is 0 Å². The van der Waals surface area contributed by atoms with Crippen LogP contribution >= 0.6 is 0 Å². The summed E-state index contributed by atoms with van der Waals surface area (Å²) in [5.41, 5.74) is -2.06. The summed E-state index contributed by atoms with van der Waals surface area (Å²) in [6.07, 6.45) is -0.226. The highest BCUT2D eigenvalue weighted by Crippen LogP contribution is 2.68. The fourth-order valence-corrected chi connectivity index (χ4v) is 3.16. The van der Waals surface area contributed by atoms with E-state index in [1.54, 1.807) is 13.8 Å². The summed E-state index contributed by atoms with van der Waals surface area (Å²) in [7, 11) is 0. The second kappa shape index (κ2) is 3.32. The highest BCUT2D eigenvalue weighted by molar-refractivity contribution is 5.28. The van der Waals surface area contributed by atoms with Crippen LogP contribution in [-0.4, -0.2) is 23.4 Å². The van der Waals surface area contributed by atoms with Gasteiger partial charge in [0.2, 0.25) is 0 Å². The summed E-state index contributed by atoms with van der Waals surface area (Å²) in [6.45, 7) is -0.827. The maximum Gasteiger partial charge on any atom is 0.0872 e. The Morgan fingerprint density at radius 3 is 2.88 bits per heavy atom. The molecule has 90 valence electrons. The van der Waals surface area contributed by atoms with Gasteiger partial charge in [-0.1, -0.05) is 13.8 Å². The molecule has 0 radical (unpaired) electrons. The Kier molecular flexibility index (Phi) is 1.24. The fraction of sp³-hybridized carbons (Fsp3) is 0.857. The van der Waals surface area contributed by atoms with Gasteiger partial charge in [-0.25, -0.2) is 4.39 Å². The maximum atomic E-state index is 13.3. The maximum absolute atomic E-state index is 13.3. The zero-order valence-electron chi connectivity index (χ0n) is 15.8. The fourth-order valence-electron chi connectivity index (χ4n) is 3.16. The van der Waals surface area contributed by atoms with Gasteiger partial charge >= 0.3 is 0 Å². The van der Waals surface area contributed by atoms with Gasteiger partial charge in [0.1, 0.15) is 0 Å². The van der Waals surface area contributed by atoms with E-state index in [1.807, 2.05) is 0 Å². The summed E-state index contributed by atoms with van der Waals surface area (Å²) >= 11 is 0. The lowest BCUT2D eigenvalue weighted by Crippen LogP contribution is -2.45. The normalized spacial score (nSPS) is 51.6. The minimum Gasteiger partial charge on any atom is -0.293 e. The van der Waals surface area contributed by atoms with Crippen molar-refractivity contribution in [1.29, 1.82) is 0 Å². The molecule has 3 aliphatic rings. The molecule has 3 rings (SSSR count). The first-order chi connectivity index (χ1) is 9.89. The van der Waals surface area contributed by atoms with E-state index in [-0.39, 0.29) is 24.7 Å². The molecule has 0 aromatic rings. The SMILES string of the molecule is [2H]C1([2H])CC2(CC2)[C@@]2(C([2H])([2H])C(C)C)C/C(=C/F)C([2H])([2H])N12. The highest BCUT2D eigenvalue weighted by atomic mass is 19.1. The lowest BCUT2D eigenvalue weighted by molar-refractivity contribution is 0.108. The van der Waals surface area contributed by atoms with Gasteiger partial charge in [-0.15, -0.1) is 0 Å². The van der Waals surface area contributed by atoms with Crippen molar-refractivity contribution >= 4 is 0 Å². The highest BCUT2D eigenvalue weighted by Gasteiger charge is 2.66. The first-order valence-corrected chi connectivity index (χ1v) is 5.99. The Morgan fingerprint density at radius 1 is 1.56 bits per heavy atom. The van der Waals surface area contributed by atoms with Gasteiger partial charge in [-0.05, 0) is 55.5 Å². The van der Waals surface area contributed by atoms with Crippen molar-refractivity contribution in [2.24, 2.45) is 11.3 Å². The van der Waals surface area contributed by atoms with Crippen molar-refractivity contribution in [2.45, 2.75) is 51.4 Å². The van der Waals surface area contributed by atoms with Gasteiger partial charge in [-0.3, -0.25) is 4.90 Å². The Morgan fingerprint density at radius 2 is 2.31 bits per heavy atom. The third-order valence-corrected chi connectivity index (χ3v) is 4.05. The molecule has 2 heteroatoms. The van der Waals surface area contributed by atoms with Gasteiger partial charge < -0.3 is 0 Å². The molecule has 2 heterocycles. The van der Waals surface area contributed by atoms with Gasteiger partial charge in [-0.2, -0.15) is 0 Å². The van der Waals surface area contributed by atoms with Crippen molar-refractivity contribution in [2.75, 3.05) is 13.0 Å². The molecule has 1 saturated carbocycles. The number of nitrogens with zero attached hydrogens (tertiary/aromatic N) is 1. The third-order valence-electron chi connectivity index (χ3n) is 4.05. The van der Waals surface area contributed by atoms with Crippen LogP contribution in [0.1, 0.15) is 54.1 Å². The van der Waals surface area contributed by atoms with Crippen molar-refractivity contribution in [3.63, 3.8) is 0 Å². The molecule has 1 spiro atoms. The molecule has 2 saturated heterocycles. The molecule has 3 fully saturated rings. The summed E-state index contributed by atoms with van der Waals surface area (Å²) in [4.78, 5) is 1.03. The molecular formula is C14H22FN. The second-order valence-electron chi connectivity index (χ2n) is 5.53. The summed E-state index contributed by atoms with van der Waals surface area (Å²) in [6, 6.07) is 0. The van der Waals surface area contributed by atoms with Gasteiger partial charge in [0.05, 0.1) is 6.33 Å². The molecule has 0 bridgehead atoms. The Bertz CT molecular complexity index is 539. The molecule has 0 unspecified atom stereocenters. The van der Waals surface area contributed by atoms with E-state index >= 15 is 0 Å². The van der Waals surface area contributed by atoms with Crippen LogP contribution in [0.15, 0.2) is 11.9 Å². The zero-order chi connectivity index (χ0) is 16.8. The van der Waals surface area contributed by atoms with Crippen LogP contribution < -0.4 is 0 Å². The number of halogens is 1. The summed E-state index contributed by atoms with van der Waals surface area (Å²) in [5.74, 6) is -0.420. The Hall–Kier alpha value is -0.370. The predicted octanol–water partition coefficient (Wildman–Crippen LogP) is 3.51. The standard InChI is InChI=1S/C14H22FN/c1-11(2)7-14-8-12(9-15)10-16(14)6-5-13(14)3-4-13/h9,11H,3-8,10H2,1-2H3/b12-9-/t14-/m1/s1/i6D2,7D2,10D2. The van der Waals surface area contributed by atoms with E-state index in [2.05, 4.69) is 0 Å². The van der Waals surface area contributed by atoms with Gasteiger partial charge in [0.25, 0.3) is 0 Å². The zero-order valence-corrected chi connectivity index (χ0v) is 9.81. The van der Waals surface area contributed by atoms with Crippen LogP contribution in [0.5, 0.6) is 0 Å². The van der Waals surface area contributed by atoms with E-state index in [1.165, 1.54) is 0 Å². The van der Waals surface area contributed by atoms with Crippen LogP contribution in [0.3, 0.4) is 0 Å². The number of hydrogen-bond donors (Lipinski definition) is 0. The smallest absolute Gasteiger partial charge is 0.0872 e. The number of hydrogen-bond acceptors (Lipinski definition) is 1. The third kappa shape index (κ3) is 1.25. The van der Waals surface area contributed by atoms with Crippen molar-refractivity contribution in [3.8, 4) is 0 Å². The van der Waals surface area contributed by atoms with E-state index in [9.17, 15) is 4.39 Å². The molecule has 1 nitrogen and oxygen atoms in total. The molecule has 16 heavy (non-hydrogen) atoms.